The van der Waals surface area contributed by atoms with Gasteiger partial charge in [0.05, 0.1) is 18.4 Å². The van der Waals surface area contributed by atoms with E-state index in [1.165, 1.54) is 0 Å². The number of amides is 1. The van der Waals surface area contributed by atoms with Gasteiger partial charge in [0.25, 0.3) is 0 Å². The predicted molar refractivity (Wildman–Crippen MR) is 85.8 cm³/mol. The Morgan fingerprint density at radius 2 is 2.00 bits per heavy atom. The van der Waals surface area contributed by atoms with Crippen molar-refractivity contribution in [1.29, 1.82) is 0 Å². The average molecular weight is 336 g/mol. The van der Waals surface area contributed by atoms with E-state index < -0.39 is 0 Å². The highest BCUT2D eigenvalue weighted by molar-refractivity contribution is 6.34. The molecule has 1 aliphatic carbocycles. The van der Waals surface area contributed by atoms with Crippen LogP contribution in [-0.4, -0.2) is 27.8 Å². The number of hydrogen-bond acceptors (Lipinski definition) is 3. The van der Waals surface area contributed by atoms with Crippen molar-refractivity contribution in [2.24, 2.45) is 5.92 Å². The van der Waals surface area contributed by atoms with Crippen LogP contribution in [0.3, 0.4) is 0 Å². The highest BCUT2D eigenvalue weighted by Crippen LogP contribution is 2.49. The maximum Gasteiger partial charge on any atom is 0.226 e. The van der Waals surface area contributed by atoms with Gasteiger partial charge in [-0.25, -0.2) is 0 Å². The van der Waals surface area contributed by atoms with Gasteiger partial charge in [-0.05, 0) is 36.1 Å². The lowest BCUT2D eigenvalue weighted by molar-refractivity contribution is -0.131. The van der Waals surface area contributed by atoms with Gasteiger partial charge in [-0.3, -0.25) is 14.8 Å². The van der Waals surface area contributed by atoms with Crippen molar-refractivity contribution in [1.82, 2.24) is 14.9 Å². The zero-order valence-electron chi connectivity index (χ0n) is 12.0. The van der Waals surface area contributed by atoms with Gasteiger partial charge in [0.15, 0.2) is 0 Å². The molecule has 1 aliphatic rings. The van der Waals surface area contributed by atoms with Crippen LogP contribution in [-0.2, 0) is 11.3 Å². The first-order valence-corrected chi connectivity index (χ1v) is 7.76. The molecule has 3 rings (SSSR count). The van der Waals surface area contributed by atoms with Crippen molar-refractivity contribution in [3.8, 4) is 0 Å². The summed E-state index contributed by atoms with van der Waals surface area (Å²) in [4.78, 5) is 22.4. The molecule has 0 unspecified atom stereocenters. The Morgan fingerprint density at radius 3 is 2.64 bits per heavy atom. The topological polar surface area (TPSA) is 46.1 Å². The molecular weight excluding hydrogens is 321 g/mol. The molecule has 1 amide bonds. The van der Waals surface area contributed by atoms with Crippen LogP contribution in [0.2, 0.25) is 10.0 Å². The summed E-state index contributed by atoms with van der Waals surface area (Å²) in [5.41, 5.74) is 1.81. The first kappa shape index (κ1) is 15.3. The van der Waals surface area contributed by atoms with Crippen molar-refractivity contribution in [3.63, 3.8) is 0 Å². The van der Waals surface area contributed by atoms with Crippen LogP contribution in [0.25, 0.3) is 0 Å². The number of halogens is 2. The number of hydrogen-bond donors (Lipinski definition) is 0. The highest BCUT2D eigenvalue weighted by atomic mass is 35.5. The average Bonchev–Trinajstić information content (AvgIpc) is 3.27. The summed E-state index contributed by atoms with van der Waals surface area (Å²) in [6, 6.07) is 5.47. The van der Waals surface area contributed by atoms with Gasteiger partial charge in [-0.2, -0.15) is 0 Å². The second kappa shape index (κ2) is 6.23. The van der Waals surface area contributed by atoms with E-state index in [9.17, 15) is 4.79 Å². The zero-order valence-corrected chi connectivity index (χ0v) is 13.6. The van der Waals surface area contributed by atoms with E-state index in [1.54, 1.807) is 36.6 Å². The lowest BCUT2D eigenvalue weighted by Crippen LogP contribution is -2.28. The fourth-order valence-electron chi connectivity index (χ4n) is 2.64. The fourth-order valence-corrected chi connectivity index (χ4v) is 3.18. The third-order valence-electron chi connectivity index (χ3n) is 3.81. The minimum Gasteiger partial charge on any atom is -0.340 e. The molecule has 2 aromatic rings. The Balaban J connectivity index is 1.65. The molecule has 0 spiro atoms. The van der Waals surface area contributed by atoms with Crippen molar-refractivity contribution in [3.05, 3.63) is 58.1 Å². The Kier molecular flexibility index (Phi) is 4.32. The number of benzene rings is 1. The molecule has 1 aromatic carbocycles. The van der Waals surface area contributed by atoms with Crippen LogP contribution < -0.4 is 0 Å². The van der Waals surface area contributed by atoms with Crippen molar-refractivity contribution in [2.75, 3.05) is 7.05 Å². The monoisotopic (exact) mass is 335 g/mol. The number of rotatable bonds is 4. The summed E-state index contributed by atoms with van der Waals surface area (Å²) in [6.45, 7) is 0.464. The summed E-state index contributed by atoms with van der Waals surface area (Å²) < 4.78 is 0. The predicted octanol–water partition coefficient (Wildman–Crippen LogP) is 3.55. The van der Waals surface area contributed by atoms with Crippen LogP contribution in [0, 0.1) is 5.92 Å². The lowest BCUT2D eigenvalue weighted by atomic mass is 10.1. The van der Waals surface area contributed by atoms with E-state index in [0.29, 0.717) is 16.6 Å². The van der Waals surface area contributed by atoms with E-state index in [1.807, 2.05) is 12.1 Å². The molecule has 1 saturated carbocycles. The molecule has 1 heterocycles. The first-order chi connectivity index (χ1) is 10.5. The van der Waals surface area contributed by atoms with Crippen molar-refractivity contribution < 1.29 is 4.79 Å². The molecule has 0 bridgehead atoms. The van der Waals surface area contributed by atoms with E-state index in [-0.39, 0.29) is 17.7 Å². The summed E-state index contributed by atoms with van der Waals surface area (Å²) in [5.74, 6) is 0.316. The van der Waals surface area contributed by atoms with Crippen LogP contribution in [0.5, 0.6) is 0 Å². The van der Waals surface area contributed by atoms with E-state index in [4.69, 9.17) is 23.2 Å². The smallest absolute Gasteiger partial charge is 0.226 e. The fraction of sp³-hybridized carbons (Fsp3) is 0.312. The van der Waals surface area contributed by atoms with Gasteiger partial charge >= 0.3 is 0 Å². The van der Waals surface area contributed by atoms with Crippen molar-refractivity contribution in [2.45, 2.75) is 18.9 Å². The molecule has 0 saturated heterocycles. The molecule has 114 valence electrons. The zero-order chi connectivity index (χ0) is 15.7. The van der Waals surface area contributed by atoms with Gasteiger partial charge in [0.2, 0.25) is 5.91 Å². The summed E-state index contributed by atoms with van der Waals surface area (Å²) in [5, 5.41) is 1.21. The van der Waals surface area contributed by atoms with E-state index >= 15 is 0 Å². The highest BCUT2D eigenvalue weighted by Gasteiger charge is 2.45. The second-order valence-electron chi connectivity index (χ2n) is 5.54. The Hall–Kier alpha value is -1.65. The molecule has 1 fully saturated rings. The molecule has 0 N–H and O–H groups in total. The molecule has 6 heteroatoms. The second-order valence-corrected chi connectivity index (χ2v) is 6.42. The summed E-state index contributed by atoms with van der Waals surface area (Å²) in [7, 11) is 1.79. The summed E-state index contributed by atoms with van der Waals surface area (Å²) in [6.07, 6.45) is 5.75. The molecule has 0 aliphatic heterocycles. The van der Waals surface area contributed by atoms with E-state index in [0.717, 1.165) is 17.7 Å². The molecular formula is C16H15Cl2N3O. The van der Waals surface area contributed by atoms with Gasteiger partial charge in [0.1, 0.15) is 0 Å². The number of nitrogens with zero attached hydrogens (tertiary/aromatic N) is 3. The summed E-state index contributed by atoms with van der Waals surface area (Å²) >= 11 is 12.0. The SMILES string of the molecule is CN(Cc1cnccn1)C(=O)[C@@H]1C[C@H]1c1cc(Cl)cc(Cl)c1. The van der Waals surface area contributed by atoms with Gasteiger partial charge in [0, 0.05) is 35.4 Å². The largest absolute Gasteiger partial charge is 0.340 e. The molecule has 4 nitrogen and oxygen atoms in total. The van der Waals surface area contributed by atoms with Crippen molar-refractivity contribution >= 4 is 29.1 Å². The number of carbonyl (C=O) groups excluding carboxylic acids is 1. The minimum absolute atomic E-state index is 0.00351. The van der Waals surface area contributed by atoms with Gasteiger partial charge in [-0.15, -0.1) is 0 Å². The normalized spacial score (nSPS) is 19.8. The third kappa shape index (κ3) is 3.39. The van der Waals surface area contributed by atoms with Gasteiger partial charge < -0.3 is 4.90 Å². The minimum atomic E-state index is -0.00351. The Bertz CT molecular complexity index is 673. The first-order valence-electron chi connectivity index (χ1n) is 7.00. The Morgan fingerprint density at radius 1 is 1.27 bits per heavy atom. The maximum atomic E-state index is 12.5. The third-order valence-corrected chi connectivity index (χ3v) is 4.25. The Labute approximate surface area is 139 Å². The van der Waals surface area contributed by atoms with Gasteiger partial charge in [-0.1, -0.05) is 23.2 Å². The molecule has 1 aromatic heterocycles. The molecule has 2 atom stereocenters. The maximum absolute atomic E-state index is 12.5. The van der Waals surface area contributed by atoms with Crippen LogP contribution in [0.4, 0.5) is 0 Å². The van der Waals surface area contributed by atoms with Crippen LogP contribution >= 0.6 is 23.2 Å². The lowest BCUT2D eigenvalue weighted by Gasteiger charge is -2.16. The number of carbonyl (C=O) groups is 1. The molecule has 0 radical (unpaired) electrons. The molecule has 22 heavy (non-hydrogen) atoms. The standard InChI is InChI=1S/C16H15Cl2N3O/c1-21(9-13-8-19-2-3-20-13)16(22)15-7-14(15)10-4-11(17)6-12(18)5-10/h2-6,8,14-15H,7,9H2,1H3/t14-,15+/m0/s1. The van der Waals surface area contributed by atoms with Crippen LogP contribution in [0.1, 0.15) is 23.6 Å². The van der Waals surface area contributed by atoms with E-state index in [2.05, 4.69) is 9.97 Å². The van der Waals surface area contributed by atoms with Crippen LogP contribution in [0.15, 0.2) is 36.8 Å². The number of aromatic nitrogens is 2. The quantitative estimate of drug-likeness (QED) is 0.858.